The number of aromatic nitrogens is 4. The molecular formula is C17H18IN5O. The van der Waals surface area contributed by atoms with E-state index in [9.17, 15) is 4.79 Å². The van der Waals surface area contributed by atoms with Gasteiger partial charge in [0, 0.05) is 29.7 Å². The second-order valence-electron chi connectivity index (χ2n) is 6.06. The molecule has 1 amide bonds. The molecule has 0 atom stereocenters. The highest BCUT2D eigenvalue weighted by Crippen LogP contribution is 2.20. The maximum Gasteiger partial charge on any atom is 0.251 e. The molecule has 0 saturated heterocycles. The third kappa shape index (κ3) is 2.92. The van der Waals surface area contributed by atoms with Crippen LogP contribution >= 0.6 is 22.6 Å². The molecule has 0 radical (unpaired) electrons. The molecule has 0 saturated carbocycles. The van der Waals surface area contributed by atoms with Crippen molar-refractivity contribution in [3.05, 3.63) is 45.2 Å². The van der Waals surface area contributed by atoms with E-state index in [1.807, 2.05) is 24.5 Å². The molecule has 1 aliphatic rings. The van der Waals surface area contributed by atoms with Gasteiger partial charge in [0.1, 0.15) is 3.70 Å². The molecule has 1 aromatic carbocycles. The van der Waals surface area contributed by atoms with Gasteiger partial charge in [-0.05, 0) is 66.5 Å². The van der Waals surface area contributed by atoms with Crippen LogP contribution in [0.4, 0.5) is 0 Å². The summed E-state index contributed by atoms with van der Waals surface area (Å²) in [4.78, 5) is 16.9. The number of rotatable bonds is 4. The lowest BCUT2D eigenvalue weighted by Gasteiger charge is -2.14. The van der Waals surface area contributed by atoms with Crippen LogP contribution in [0.2, 0.25) is 0 Å². The summed E-state index contributed by atoms with van der Waals surface area (Å²) in [5.74, 6) is -0.0529. The smallest absolute Gasteiger partial charge is 0.251 e. The van der Waals surface area contributed by atoms with Gasteiger partial charge in [0.2, 0.25) is 0 Å². The summed E-state index contributed by atoms with van der Waals surface area (Å²) in [6, 6.07) is 5.57. The second-order valence-corrected chi connectivity index (χ2v) is 7.14. The van der Waals surface area contributed by atoms with Crippen LogP contribution in [0.3, 0.4) is 0 Å². The molecule has 7 heteroatoms. The largest absolute Gasteiger partial charge is 0.350 e. The van der Waals surface area contributed by atoms with Crippen LogP contribution in [0.15, 0.2) is 24.5 Å². The third-order valence-corrected chi connectivity index (χ3v) is 5.34. The van der Waals surface area contributed by atoms with E-state index in [1.54, 1.807) is 0 Å². The van der Waals surface area contributed by atoms with Gasteiger partial charge in [0.05, 0.1) is 17.5 Å². The molecule has 2 N–H and O–H groups in total. The van der Waals surface area contributed by atoms with Crippen LogP contribution in [0, 0.1) is 3.70 Å². The lowest BCUT2D eigenvalue weighted by Crippen LogP contribution is -2.27. The van der Waals surface area contributed by atoms with Crippen molar-refractivity contribution in [3.8, 4) is 0 Å². The van der Waals surface area contributed by atoms with Gasteiger partial charge < -0.3 is 9.88 Å². The highest BCUT2D eigenvalue weighted by atomic mass is 127. The Bertz CT molecular complexity index is 898. The van der Waals surface area contributed by atoms with Gasteiger partial charge in [0.15, 0.2) is 0 Å². The summed E-state index contributed by atoms with van der Waals surface area (Å²) in [6.07, 6.45) is 6.55. The summed E-state index contributed by atoms with van der Waals surface area (Å²) in [5, 5.41) is 11.1. The molecule has 0 unspecified atom stereocenters. The van der Waals surface area contributed by atoms with Crippen LogP contribution in [-0.2, 0) is 19.4 Å². The van der Waals surface area contributed by atoms with E-state index < -0.39 is 0 Å². The fourth-order valence-corrected chi connectivity index (χ4v) is 3.79. The Kier molecular flexibility index (Phi) is 4.26. The molecule has 0 bridgehead atoms. The summed E-state index contributed by atoms with van der Waals surface area (Å²) in [6.45, 7) is 1.36. The predicted octanol–water partition coefficient (Wildman–Crippen LogP) is 2.67. The van der Waals surface area contributed by atoms with Crippen molar-refractivity contribution in [3.63, 3.8) is 0 Å². The number of halogens is 1. The second kappa shape index (κ2) is 6.54. The molecule has 0 spiro atoms. The van der Waals surface area contributed by atoms with Crippen molar-refractivity contribution in [1.82, 2.24) is 25.1 Å². The first-order valence-electron chi connectivity index (χ1n) is 8.17. The van der Waals surface area contributed by atoms with Gasteiger partial charge in [-0.25, -0.2) is 4.98 Å². The molecule has 4 rings (SSSR count). The maximum atomic E-state index is 12.4. The van der Waals surface area contributed by atoms with Gasteiger partial charge in [-0.1, -0.05) is 0 Å². The normalized spacial score (nSPS) is 13.9. The monoisotopic (exact) mass is 435 g/mol. The average Bonchev–Trinajstić information content (AvgIpc) is 3.19. The summed E-state index contributed by atoms with van der Waals surface area (Å²) in [7, 11) is 0. The standard InChI is InChI=1S/C17H18IN5O/c18-16-12-9-11(5-6-13(12)21-22-16)17(24)19-7-8-23-10-20-14-3-1-2-4-15(14)23/h5-6,9-10H,1-4,7-8H2,(H,19,24)(H,21,22). The average molecular weight is 435 g/mol. The Balaban J connectivity index is 1.41. The summed E-state index contributed by atoms with van der Waals surface area (Å²) >= 11 is 2.19. The van der Waals surface area contributed by atoms with E-state index >= 15 is 0 Å². The lowest BCUT2D eigenvalue weighted by atomic mass is 10.0. The molecule has 2 aromatic heterocycles. The van der Waals surface area contributed by atoms with E-state index in [2.05, 4.69) is 47.7 Å². The van der Waals surface area contributed by atoms with E-state index in [4.69, 9.17) is 0 Å². The van der Waals surface area contributed by atoms with Crippen LogP contribution in [0.1, 0.15) is 34.6 Å². The Labute approximate surface area is 153 Å². The van der Waals surface area contributed by atoms with Crippen molar-refractivity contribution < 1.29 is 4.79 Å². The Morgan fingerprint density at radius 2 is 2.21 bits per heavy atom. The maximum absolute atomic E-state index is 12.4. The minimum Gasteiger partial charge on any atom is -0.350 e. The van der Waals surface area contributed by atoms with Crippen molar-refractivity contribution in [1.29, 1.82) is 0 Å². The topological polar surface area (TPSA) is 75.6 Å². The van der Waals surface area contributed by atoms with E-state index in [-0.39, 0.29) is 5.91 Å². The zero-order valence-electron chi connectivity index (χ0n) is 13.2. The molecule has 24 heavy (non-hydrogen) atoms. The summed E-state index contributed by atoms with van der Waals surface area (Å²) in [5.41, 5.74) is 4.10. The number of H-pyrrole nitrogens is 1. The highest BCUT2D eigenvalue weighted by molar-refractivity contribution is 14.1. The Morgan fingerprint density at radius 3 is 3.12 bits per heavy atom. The quantitative estimate of drug-likeness (QED) is 0.619. The van der Waals surface area contributed by atoms with E-state index in [0.717, 1.165) is 34.0 Å². The fourth-order valence-electron chi connectivity index (χ4n) is 3.24. The molecule has 6 nitrogen and oxygen atoms in total. The molecule has 0 aliphatic heterocycles. The van der Waals surface area contributed by atoms with Crippen LogP contribution in [0.5, 0.6) is 0 Å². The fraction of sp³-hybridized carbons (Fsp3) is 0.353. The van der Waals surface area contributed by atoms with Crippen molar-refractivity contribution >= 4 is 39.4 Å². The Morgan fingerprint density at radius 1 is 1.33 bits per heavy atom. The zero-order valence-corrected chi connectivity index (χ0v) is 15.3. The molecule has 3 aromatic rings. The van der Waals surface area contributed by atoms with Crippen molar-refractivity contribution in [2.75, 3.05) is 6.54 Å². The Hall–Kier alpha value is -1.90. The number of nitrogens with zero attached hydrogens (tertiary/aromatic N) is 3. The van der Waals surface area contributed by atoms with Gasteiger partial charge in [-0.2, -0.15) is 5.10 Å². The van der Waals surface area contributed by atoms with E-state index in [1.165, 1.54) is 24.2 Å². The zero-order chi connectivity index (χ0) is 16.5. The molecule has 124 valence electrons. The van der Waals surface area contributed by atoms with E-state index in [0.29, 0.717) is 12.1 Å². The van der Waals surface area contributed by atoms with Gasteiger partial charge in [0.25, 0.3) is 5.91 Å². The number of benzene rings is 1. The van der Waals surface area contributed by atoms with Gasteiger partial charge in [-0.15, -0.1) is 0 Å². The van der Waals surface area contributed by atoms with Gasteiger partial charge in [-0.3, -0.25) is 9.89 Å². The van der Waals surface area contributed by atoms with Crippen molar-refractivity contribution in [2.24, 2.45) is 0 Å². The first kappa shape index (κ1) is 15.6. The molecule has 0 fully saturated rings. The lowest BCUT2D eigenvalue weighted by molar-refractivity contribution is 0.0952. The van der Waals surface area contributed by atoms with Crippen molar-refractivity contribution in [2.45, 2.75) is 32.2 Å². The SMILES string of the molecule is O=C(NCCn1cnc2c1CCCC2)c1ccc2n[nH]c(I)c2c1. The number of nitrogens with one attached hydrogen (secondary N) is 2. The number of hydrogen-bond donors (Lipinski definition) is 2. The number of amides is 1. The number of fused-ring (bicyclic) bond motifs is 2. The first-order valence-corrected chi connectivity index (χ1v) is 9.25. The minimum atomic E-state index is -0.0529. The number of carbonyl (C=O) groups is 1. The molecular weight excluding hydrogens is 417 g/mol. The molecule has 2 heterocycles. The molecule has 1 aliphatic carbocycles. The van der Waals surface area contributed by atoms with Crippen LogP contribution in [0.25, 0.3) is 10.9 Å². The summed E-state index contributed by atoms with van der Waals surface area (Å²) < 4.78 is 3.12. The first-order chi connectivity index (χ1) is 11.7. The number of carbonyl (C=O) groups excluding carboxylic acids is 1. The predicted molar refractivity (Wildman–Crippen MR) is 100 cm³/mol. The highest BCUT2D eigenvalue weighted by Gasteiger charge is 2.15. The number of imidazole rings is 1. The third-order valence-electron chi connectivity index (χ3n) is 4.52. The number of hydrogen-bond acceptors (Lipinski definition) is 3. The van der Waals surface area contributed by atoms with Crippen LogP contribution < -0.4 is 5.32 Å². The number of aromatic amines is 1. The minimum absolute atomic E-state index is 0.0529. The number of aryl methyl sites for hydroxylation is 1. The van der Waals surface area contributed by atoms with Crippen LogP contribution in [-0.4, -0.2) is 32.2 Å². The van der Waals surface area contributed by atoms with Gasteiger partial charge >= 0.3 is 0 Å².